The van der Waals surface area contributed by atoms with Crippen LogP contribution in [0, 0.1) is 5.82 Å². The molecule has 0 spiro atoms. The predicted octanol–water partition coefficient (Wildman–Crippen LogP) is 2.98. The van der Waals surface area contributed by atoms with Crippen molar-refractivity contribution in [1.29, 1.82) is 0 Å². The van der Waals surface area contributed by atoms with Gasteiger partial charge in [-0.1, -0.05) is 6.07 Å². The fraction of sp³-hybridized carbons (Fsp3) is 0.143. The number of ether oxygens (including phenoxy) is 1. The van der Waals surface area contributed by atoms with Gasteiger partial charge in [0.2, 0.25) is 0 Å². The molecular formula is C14H12FNO3. The van der Waals surface area contributed by atoms with Gasteiger partial charge in [0, 0.05) is 12.4 Å². The van der Waals surface area contributed by atoms with Crippen molar-refractivity contribution in [1.82, 2.24) is 4.98 Å². The molecule has 0 aliphatic heterocycles. The van der Waals surface area contributed by atoms with Gasteiger partial charge in [0.1, 0.15) is 0 Å². The summed E-state index contributed by atoms with van der Waals surface area (Å²) in [6.45, 7) is 2.13. The van der Waals surface area contributed by atoms with E-state index in [1.54, 1.807) is 19.1 Å². The fourth-order valence-corrected chi connectivity index (χ4v) is 1.76. The first-order chi connectivity index (χ1) is 9.13. The van der Waals surface area contributed by atoms with Crippen LogP contribution in [0.2, 0.25) is 0 Å². The minimum absolute atomic E-state index is 0.0334. The molecule has 0 aliphatic rings. The molecule has 0 radical (unpaired) electrons. The molecule has 98 valence electrons. The SMILES string of the molecule is CCOc1ccc(-c2ccncc2C(=O)O)cc1F. The second-order valence-corrected chi connectivity index (χ2v) is 3.80. The standard InChI is InChI=1S/C14H12FNO3/c1-2-19-13-4-3-9(7-12(13)15)10-5-6-16-8-11(10)14(17)18/h3-8H,2H2,1H3,(H,17,18). The highest BCUT2D eigenvalue weighted by atomic mass is 19.1. The van der Waals surface area contributed by atoms with E-state index in [2.05, 4.69) is 4.98 Å². The molecule has 1 aromatic heterocycles. The van der Waals surface area contributed by atoms with Crippen molar-refractivity contribution >= 4 is 5.97 Å². The lowest BCUT2D eigenvalue weighted by Gasteiger charge is -2.08. The lowest BCUT2D eigenvalue weighted by atomic mass is 10.0. The average Bonchev–Trinajstić information content (AvgIpc) is 2.41. The van der Waals surface area contributed by atoms with E-state index in [9.17, 15) is 9.18 Å². The molecule has 0 saturated heterocycles. The minimum atomic E-state index is -1.10. The summed E-state index contributed by atoms with van der Waals surface area (Å²) in [6.07, 6.45) is 2.71. The summed E-state index contributed by atoms with van der Waals surface area (Å²) in [5.41, 5.74) is 0.927. The number of halogens is 1. The third-order valence-corrected chi connectivity index (χ3v) is 2.59. The summed E-state index contributed by atoms with van der Waals surface area (Å²) in [5.74, 6) is -1.47. The van der Waals surface area contributed by atoms with Crippen molar-refractivity contribution in [3.63, 3.8) is 0 Å². The number of hydrogen-bond acceptors (Lipinski definition) is 3. The highest BCUT2D eigenvalue weighted by Gasteiger charge is 2.13. The molecule has 19 heavy (non-hydrogen) atoms. The first-order valence-corrected chi connectivity index (χ1v) is 5.73. The predicted molar refractivity (Wildman–Crippen MR) is 67.8 cm³/mol. The van der Waals surface area contributed by atoms with Gasteiger partial charge in [-0.25, -0.2) is 9.18 Å². The second kappa shape index (κ2) is 5.48. The van der Waals surface area contributed by atoms with Crippen LogP contribution in [-0.4, -0.2) is 22.7 Å². The smallest absolute Gasteiger partial charge is 0.337 e. The quantitative estimate of drug-likeness (QED) is 0.919. The first kappa shape index (κ1) is 13.0. The Labute approximate surface area is 109 Å². The molecule has 0 fully saturated rings. The summed E-state index contributed by atoms with van der Waals surface area (Å²) in [5, 5.41) is 9.08. The van der Waals surface area contributed by atoms with Crippen molar-refractivity contribution < 1.29 is 19.0 Å². The summed E-state index contributed by atoms with van der Waals surface area (Å²) in [7, 11) is 0. The van der Waals surface area contributed by atoms with Crippen LogP contribution in [0.4, 0.5) is 4.39 Å². The molecule has 2 rings (SSSR count). The van der Waals surface area contributed by atoms with E-state index in [4.69, 9.17) is 9.84 Å². The largest absolute Gasteiger partial charge is 0.491 e. The van der Waals surface area contributed by atoms with Gasteiger partial charge in [0.15, 0.2) is 11.6 Å². The summed E-state index contributed by atoms with van der Waals surface area (Å²) >= 11 is 0. The summed E-state index contributed by atoms with van der Waals surface area (Å²) < 4.78 is 18.9. The topological polar surface area (TPSA) is 59.4 Å². The van der Waals surface area contributed by atoms with E-state index in [1.807, 2.05) is 0 Å². The molecule has 5 heteroatoms. The molecule has 4 nitrogen and oxygen atoms in total. The van der Waals surface area contributed by atoms with Gasteiger partial charge in [-0.15, -0.1) is 0 Å². The number of rotatable bonds is 4. The molecular weight excluding hydrogens is 249 g/mol. The lowest BCUT2D eigenvalue weighted by molar-refractivity contribution is 0.0697. The van der Waals surface area contributed by atoms with Crippen molar-refractivity contribution in [3.05, 3.63) is 48.0 Å². The van der Waals surface area contributed by atoms with E-state index >= 15 is 0 Å². The number of aromatic carboxylic acids is 1. The highest BCUT2D eigenvalue weighted by molar-refractivity contribution is 5.95. The Morgan fingerprint density at radius 1 is 1.42 bits per heavy atom. The lowest BCUT2D eigenvalue weighted by Crippen LogP contribution is -2.01. The Kier molecular flexibility index (Phi) is 3.75. The maximum Gasteiger partial charge on any atom is 0.337 e. The maximum atomic E-state index is 13.8. The van der Waals surface area contributed by atoms with Gasteiger partial charge < -0.3 is 9.84 Å². The van der Waals surface area contributed by atoms with Crippen LogP contribution in [0.5, 0.6) is 5.75 Å². The Balaban J connectivity index is 2.48. The van der Waals surface area contributed by atoms with Gasteiger partial charge >= 0.3 is 5.97 Å². The normalized spacial score (nSPS) is 10.2. The first-order valence-electron chi connectivity index (χ1n) is 5.73. The Morgan fingerprint density at radius 3 is 2.84 bits per heavy atom. The van der Waals surface area contributed by atoms with Crippen LogP contribution in [0.15, 0.2) is 36.7 Å². The van der Waals surface area contributed by atoms with E-state index < -0.39 is 11.8 Å². The molecule has 0 amide bonds. The van der Waals surface area contributed by atoms with Gasteiger partial charge in [-0.2, -0.15) is 0 Å². The number of hydrogen-bond donors (Lipinski definition) is 1. The fourth-order valence-electron chi connectivity index (χ4n) is 1.76. The van der Waals surface area contributed by atoms with Crippen molar-refractivity contribution in [2.24, 2.45) is 0 Å². The molecule has 1 aromatic carbocycles. The van der Waals surface area contributed by atoms with Crippen molar-refractivity contribution in [3.8, 4) is 16.9 Å². The zero-order chi connectivity index (χ0) is 13.8. The zero-order valence-electron chi connectivity index (χ0n) is 10.3. The molecule has 0 saturated carbocycles. The van der Waals surface area contributed by atoms with Crippen LogP contribution < -0.4 is 4.74 Å². The number of pyridine rings is 1. The zero-order valence-corrected chi connectivity index (χ0v) is 10.3. The van der Waals surface area contributed by atoms with E-state index in [1.165, 1.54) is 24.5 Å². The molecule has 0 aliphatic carbocycles. The number of nitrogens with zero attached hydrogens (tertiary/aromatic N) is 1. The van der Waals surface area contributed by atoms with E-state index in [0.29, 0.717) is 17.7 Å². The number of carbonyl (C=O) groups is 1. The van der Waals surface area contributed by atoms with Crippen molar-refractivity contribution in [2.75, 3.05) is 6.61 Å². The van der Waals surface area contributed by atoms with Crippen LogP contribution in [-0.2, 0) is 0 Å². The van der Waals surface area contributed by atoms with Crippen LogP contribution in [0.25, 0.3) is 11.1 Å². The molecule has 1 N–H and O–H groups in total. The number of carboxylic acid groups (broad SMARTS) is 1. The third-order valence-electron chi connectivity index (χ3n) is 2.59. The van der Waals surface area contributed by atoms with Crippen LogP contribution >= 0.6 is 0 Å². The third kappa shape index (κ3) is 2.70. The monoisotopic (exact) mass is 261 g/mol. The van der Waals surface area contributed by atoms with E-state index in [-0.39, 0.29) is 11.3 Å². The highest BCUT2D eigenvalue weighted by Crippen LogP contribution is 2.27. The van der Waals surface area contributed by atoms with Gasteiger partial charge in [0.25, 0.3) is 0 Å². The maximum absolute atomic E-state index is 13.8. The molecule has 2 aromatic rings. The van der Waals surface area contributed by atoms with Crippen LogP contribution in [0.3, 0.4) is 0 Å². The van der Waals surface area contributed by atoms with Gasteiger partial charge in [-0.05, 0) is 36.2 Å². The van der Waals surface area contributed by atoms with Gasteiger partial charge in [0.05, 0.1) is 12.2 Å². The molecule has 0 atom stereocenters. The Bertz CT molecular complexity index is 613. The van der Waals surface area contributed by atoms with Crippen LogP contribution in [0.1, 0.15) is 17.3 Å². The molecule has 0 unspecified atom stereocenters. The average molecular weight is 261 g/mol. The number of benzene rings is 1. The van der Waals surface area contributed by atoms with E-state index in [0.717, 1.165) is 0 Å². The second-order valence-electron chi connectivity index (χ2n) is 3.80. The minimum Gasteiger partial charge on any atom is -0.491 e. The van der Waals surface area contributed by atoms with Gasteiger partial charge in [-0.3, -0.25) is 4.98 Å². The molecule has 1 heterocycles. The molecule has 0 bridgehead atoms. The Hall–Kier alpha value is -2.43. The van der Waals surface area contributed by atoms with Crippen molar-refractivity contribution in [2.45, 2.75) is 6.92 Å². The number of carboxylic acids is 1. The number of aromatic nitrogens is 1. The summed E-state index contributed by atoms with van der Waals surface area (Å²) in [6, 6.07) is 5.90. The Morgan fingerprint density at radius 2 is 2.21 bits per heavy atom. The summed E-state index contributed by atoms with van der Waals surface area (Å²) in [4.78, 5) is 14.9.